The van der Waals surface area contributed by atoms with Crippen LogP contribution in [-0.4, -0.2) is 43.8 Å². The van der Waals surface area contributed by atoms with E-state index in [4.69, 9.17) is 34.8 Å². The zero-order valence-electron chi connectivity index (χ0n) is 26.7. The van der Waals surface area contributed by atoms with Crippen LogP contribution in [0.4, 0.5) is 5.69 Å². The Labute approximate surface area is 292 Å². The summed E-state index contributed by atoms with van der Waals surface area (Å²) >= 11 is 18.8. The van der Waals surface area contributed by atoms with Gasteiger partial charge in [-0.3, -0.25) is 13.9 Å². The third-order valence-corrected chi connectivity index (χ3v) is 10.7. The van der Waals surface area contributed by atoms with Gasteiger partial charge in [0.05, 0.1) is 10.6 Å². The number of benzene rings is 4. The van der Waals surface area contributed by atoms with Crippen molar-refractivity contribution < 1.29 is 18.0 Å². The zero-order valence-corrected chi connectivity index (χ0v) is 29.8. The largest absolute Gasteiger partial charge is 0.352 e. The molecule has 2 unspecified atom stereocenters. The molecule has 0 aliphatic carbocycles. The zero-order chi connectivity index (χ0) is 34.3. The Morgan fingerprint density at radius 1 is 0.830 bits per heavy atom. The van der Waals surface area contributed by atoms with E-state index in [2.05, 4.69) is 5.32 Å². The second-order valence-corrected chi connectivity index (χ2v) is 14.7. The first-order valence-electron chi connectivity index (χ1n) is 15.2. The van der Waals surface area contributed by atoms with Gasteiger partial charge in [0, 0.05) is 34.1 Å². The predicted molar refractivity (Wildman–Crippen MR) is 191 cm³/mol. The van der Waals surface area contributed by atoms with Gasteiger partial charge in [-0.25, -0.2) is 8.42 Å². The van der Waals surface area contributed by atoms with Gasteiger partial charge in [0.15, 0.2) is 0 Å². The van der Waals surface area contributed by atoms with Crippen LogP contribution in [-0.2, 0) is 32.6 Å². The number of hydrogen-bond donors (Lipinski definition) is 1. The maximum absolute atomic E-state index is 14.6. The molecule has 11 heteroatoms. The highest BCUT2D eigenvalue weighted by Crippen LogP contribution is 2.29. The Morgan fingerprint density at radius 3 is 2.11 bits per heavy atom. The fourth-order valence-corrected chi connectivity index (χ4v) is 6.97. The number of rotatable bonds is 13. The molecule has 0 saturated carbocycles. The third-order valence-electron chi connectivity index (χ3n) is 8.09. The minimum Gasteiger partial charge on any atom is -0.352 e. The van der Waals surface area contributed by atoms with Crippen LogP contribution in [0.15, 0.2) is 95.9 Å². The van der Waals surface area contributed by atoms with Gasteiger partial charge in [0.25, 0.3) is 10.0 Å². The van der Waals surface area contributed by atoms with Gasteiger partial charge in [-0.15, -0.1) is 0 Å². The molecule has 4 rings (SSSR count). The summed E-state index contributed by atoms with van der Waals surface area (Å²) in [6, 6.07) is 24.1. The molecule has 4 aromatic carbocycles. The topological polar surface area (TPSA) is 86.8 Å². The first-order chi connectivity index (χ1) is 22.3. The Morgan fingerprint density at radius 2 is 1.49 bits per heavy atom. The maximum Gasteiger partial charge on any atom is 0.264 e. The second kappa shape index (κ2) is 16.0. The lowest BCUT2D eigenvalue weighted by Gasteiger charge is -2.34. The number of nitrogens with zero attached hydrogens (tertiary/aromatic N) is 2. The van der Waals surface area contributed by atoms with Crippen molar-refractivity contribution in [3.63, 3.8) is 0 Å². The molecule has 0 aromatic heterocycles. The lowest BCUT2D eigenvalue weighted by molar-refractivity contribution is -0.140. The molecule has 0 saturated heterocycles. The van der Waals surface area contributed by atoms with Crippen molar-refractivity contribution in [2.75, 3.05) is 10.8 Å². The molecular formula is C36H38Cl3N3O4S. The van der Waals surface area contributed by atoms with Crippen LogP contribution in [0.2, 0.25) is 15.1 Å². The van der Waals surface area contributed by atoms with Crippen molar-refractivity contribution >= 4 is 62.3 Å². The van der Waals surface area contributed by atoms with Gasteiger partial charge in [-0.2, -0.15) is 0 Å². The van der Waals surface area contributed by atoms with Crippen molar-refractivity contribution in [2.24, 2.45) is 0 Å². The number of nitrogens with one attached hydrogen (secondary N) is 1. The highest BCUT2D eigenvalue weighted by Gasteiger charge is 2.35. The second-order valence-electron chi connectivity index (χ2n) is 11.5. The maximum atomic E-state index is 14.6. The van der Waals surface area contributed by atoms with E-state index < -0.39 is 28.5 Å². The predicted octanol–water partition coefficient (Wildman–Crippen LogP) is 8.01. The van der Waals surface area contributed by atoms with Crippen LogP contribution in [0.1, 0.15) is 42.5 Å². The summed E-state index contributed by atoms with van der Waals surface area (Å²) < 4.78 is 29.5. The van der Waals surface area contributed by atoms with Crippen LogP contribution in [0.3, 0.4) is 0 Å². The van der Waals surface area contributed by atoms with E-state index in [9.17, 15) is 18.0 Å². The van der Waals surface area contributed by atoms with Crippen molar-refractivity contribution in [2.45, 2.75) is 64.1 Å². The van der Waals surface area contributed by atoms with E-state index in [-0.39, 0.29) is 29.8 Å². The number of hydrogen-bond acceptors (Lipinski definition) is 4. The molecule has 0 radical (unpaired) electrons. The quantitative estimate of drug-likeness (QED) is 0.152. The van der Waals surface area contributed by atoms with Gasteiger partial charge in [0.2, 0.25) is 11.8 Å². The summed E-state index contributed by atoms with van der Waals surface area (Å²) in [4.78, 5) is 30.0. The summed E-state index contributed by atoms with van der Waals surface area (Å²) in [6.45, 7) is 6.99. The molecule has 2 atom stereocenters. The molecule has 0 fully saturated rings. The number of anilines is 1. The normalized spacial score (nSPS) is 12.7. The smallest absolute Gasteiger partial charge is 0.264 e. The summed E-state index contributed by atoms with van der Waals surface area (Å²) in [7, 11) is -4.26. The summed E-state index contributed by atoms with van der Waals surface area (Å²) in [6.07, 6.45) is 0.869. The Bertz CT molecular complexity index is 1820. The minimum atomic E-state index is -4.26. The van der Waals surface area contributed by atoms with Gasteiger partial charge >= 0.3 is 0 Å². The molecule has 0 aliphatic heterocycles. The summed E-state index contributed by atoms with van der Waals surface area (Å²) in [5.74, 6) is -0.952. The molecule has 0 bridgehead atoms. The molecule has 0 spiro atoms. The van der Waals surface area contributed by atoms with E-state index in [0.717, 1.165) is 21.0 Å². The highest BCUT2D eigenvalue weighted by molar-refractivity contribution is 7.92. The molecule has 0 heterocycles. The average Bonchev–Trinajstić information content (AvgIpc) is 3.04. The highest BCUT2D eigenvalue weighted by atomic mass is 35.5. The van der Waals surface area contributed by atoms with Crippen LogP contribution in [0.25, 0.3) is 0 Å². The number of carbonyl (C=O) groups is 2. The first-order valence-corrected chi connectivity index (χ1v) is 17.8. The van der Waals surface area contributed by atoms with Crippen molar-refractivity contribution in [3.8, 4) is 0 Å². The molecule has 248 valence electrons. The van der Waals surface area contributed by atoms with E-state index in [1.54, 1.807) is 30.3 Å². The van der Waals surface area contributed by atoms with Crippen molar-refractivity contribution in [3.05, 3.63) is 128 Å². The molecule has 7 nitrogen and oxygen atoms in total. The summed E-state index contributed by atoms with van der Waals surface area (Å²) in [5.41, 5.74) is 3.51. The molecule has 4 aromatic rings. The van der Waals surface area contributed by atoms with Crippen LogP contribution < -0.4 is 9.62 Å². The van der Waals surface area contributed by atoms with E-state index in [0.29, 0.717) is 32.7 Å². The lowest BCUT2D eigenvalue weighted by Crippen LogP contribution is -2.54. The van der Waals surface area contributed by atoms with Crippen molar-refractivity contribution in [1.82, 2.24) is 10.2 Å². The van der Waals surface area contributed by atoms with Crippen LogP contribution in [0, 0.1) is 13.8 Å². The van der Waals surface area contributed by atoms with Gasteiger partial charge < -0.3 is 10.2 Å². The van der Waals surface area contributed by atoms with E-state index in [1.807, 2.05) is 64.1 Å². The van der Waals surface area contributed by atoms with Gasteiger partial charge in [-0.05, 0) is 98.0 Å². The average molecular weight is 715 g/mol. The minimum absolute atomic E-state index is 0.0319. The molecule has 1 N–H and O–H groups in total. The SMILES string of the molecule is CCC(C)NC(=O)C(Cc1ccccc1)N(Cc1ccc(Cl)cc1Cl)C(=O)CN(c1ccc(C)c(C)c1)S(=O)(=O)c1ccc(Cl)cc1. The van der Waals surface area contributed by atoms with Gasteiger partial charge in [0.1, 0.15) is 12.6 Å². The number of carbonyl (C=O) groups excluding carboxylic acids is 2. The standard InChI is InChI=1S/C36H38Cl3N3O4S/c1-5-26(4)40-36(44)34(20-27-9-7-6-8-10-27)41(22-28-12-13-30(38)21-33(28)39)35(43)23-42(31-16-11-24(2)25(3)19-31)47(45,46)32-17-14-29(37)15-18-32/h6-19,21,26,34H,5,20,22-23H2,1-4H3,(H,40,44). The molecule has 2 amide bonds. The first kappa shape index (κ1) is 36.3. The summed E-state index contributed by atoms with van der Waals surface area (Å²) in [5, 5.41) is 4.13. The fourth-order valence-electron chi connectivity index (χ4n) is 4.97. The lowest BCUT2D eigenvalue weighted by atomic mass is 10.0. The molecular weight excluding hydrogens is 677 g/mol. The van der Waals surface area contributed by atoms with Gasteiger partial charge in [-0.1, -0.05) is 84.2 Å². The fraction of sp³-hybridized carbons (Fsp3) is 0.278. The third kappa shape index (κ3) is 9.29. The van der Waals surface area contributed by atoms with Crippen LogP contribution >= 0.6 is 34.8 Å². The molecule has 47 heavy (non-hydrogen) atoms. The monoisotopic (exact) mass is 713 g/mol. The van der Waals surface area contributed by atoms with Crippen molar-refractivity contribution in [1.29, 1.82) is 0 Å². The number of amides is 2. The Hall–Kier alpha value is -3.56. The Balaban J connectivity index is 1.85. The number of sulfonamides is 1. The number of aryl methyl sites for hydroxylation is 2. The van der Waals surface area contributed by atoms with Crippen LogP contribution in [0.5, 0.6) is 0 Å². The van der Waals surface area contributed by atoms with E-state index in [1.165, 1.54) is 29.2 Å². The Kier molecular flexibility index (Phi) is 12.4. The van der Waals surface area contributed by atoms with E-state index >= 15 is 0 Å². The number of halogens is 3. The molecule has 0 aliphatic rings.